The lowest BCUT2D eigenvalue weighted by molar-refractivity contribution is 0.101. The average Bonchev–Trinajstić information content (AvgIpc) is 2.28. The summed E-state index contributed by atoms with van der Waals surface area (Å²) in [7, 11) is 0. The minimum atomic E-state index is -0.936. The van der Waals surface area contributed by atoms with Crippen molar-refractivity contribution in [1.82, 2.24) is 0 Å². The van der Waals surface area contributed by atoms with E-state index in [0.29, 0.717) is 6.29 Å². The number of hydrogen-bond donors (Lipinski definition) is 0. The van der Waals surface area contributed by atoms with Crippen LogP contribution in [-0.4, -0.2) is 17.9 Å². The van der Waals surface area contributed by atoms with Gasteiger partial charge in [0.1, 0.15) is 12.4 Å². The van der Waals surface area contributed by atoms with Crippen LogP contribution in [0.2, 0.25) is 0 Å². The topological polar surface area (TPSA) is 57.9 Å². The molecule has 1 aromatic rings. The second-order valence-corrected chi connectivity index (χ2v) is 2.98. The number of halogens is 2. The molecule has 0 spiro atoms. The lowest BCUT2D eigenvalue weighted by Gasteiger charge is -2.02. The summed E-state index contributed by atoms with van der Waals surface area (Å²) in [6, 6.07) is 3.71. The molecule has 0 amide bonds. The molecule has 0 saturated heterocycles. The van der Waals surface area contributed by atoms with Gasteiger partial charge in [-0.25, -0.2) is 4.39 Å². The number of aldehydes is 1. The van der Waals surface area contributed by atoms with Gasteiger partial charge >= 0.3 is 0 Å². The third-order valence-electron chi connectivity index (χ3n) is 1.77. The molecule has 1 rings (SSSR count). The van der Waals surface area contributed by atoms with Crippen LogP contribution < -0.4 is 0 Å². The minimum absolute atomic E-state index is 0.0708. The van der Waals surface area contributed by atoms with Gasteiger partial charge in [-0.15, -0.1) is 11.6 Å². The molecular weight excluding hydrogens is 221 g/mol. The van der Waals surface area contributed by atoms with Gasteiger partial charge in [-0.2, -0.15) is 5.26 Å². The van der Waals surface area contributed by atoms with E-state index in [1.54, 1.807) is 6.07 Å². The molecule has 0 aliphatic rings. The summed E-state index contributed by atoms with van der Waals surface area (Å²) in [5, 5.41) is 8.57. The summed E-state index contributed by atoms with van der Waals surface area (Å²) < 4.78 is 13.4. The maximum absolute atomic E-state index is 13.4. The van der Waals surface area contributed by atoms with E-state index in [1.807, 2.05) is 0 Å². The minimum Gasteiger partial charge on any atom is -0.298 e. The van der Waals surface area contributed by atoms with E-state index in [2.05, 4.69) is 0 Å². The highest BCUT2D eigenvalue weighted by atomic mass is 35.5. The summed E-state index contributed by atoms with van der Waals surface area (Å²) in [6.07, 6.45) is 0.436. The van der Waals surface area contributed by atoms with Crippen LogP contribution in [0.3, 0.4) is 0 Å². The second kappa shape index (κ2) is 4.67. The summed E-state index contributed by atoms with van der Waals surface area (Å²) in [6.45, 7) is 0. The third kappa shape index (κ3) is 2.20. The second-order valence-electron chi connectivity index (χ2n) is 2.72. The number of carbonyl (C=O) groups is 2. The molecule has 0 fully saturated rings. The molecule has 0 N–H and O–H groups in total. The third-order valence-corrected chi connectivity index (χ3v) is 2.02. The first-order valence-corrected chi connectivity index (χ1v) is 4.45. The summed E-state index contributed by atoms with van der Waals surface area (Å²) in [5.74, 6) is -1.99. The van der Waals surface area contributed by atoms with Crippen LogP contribution in [-0.2, 0) is 0 Å². The number of nitriles is 1. The van der Waals surface area contributed by atoms with Crippen molar-refractivity contribution >= 4 is 23.7 Å². The lowest BCUT2D eigenvalue weighted by Crippen LogP contribution is -2.06. The standard InChI is InChI=1S/C10H5ClFNO2/c11-3-9(15)8-2-6(5-14)1-7(4-13)10(8)12/h1-2,5H,3H2. The first kappa shape index (κ1) is 11.3. The average molecular weight is 226 g/mol. The van der Waals surface area contributed by atoms with Crippen molar-refractivity contribution in [3.05, 3.63) is 34.6 Å². The molecule has 0 radical (unpaired) electrons. The number of rotatable bonds is 3. The van der Waals surface area contributed by atoms with Gasteiger partial charge in [0.05, 0.1) is 17.0 Å². The fraction of sp³-hybridized carbons (Fsp3) is 0.100. The summed E-state index contributed by atoms with van der Waals surface area (Å²) >= 11 is 5.26. The van der Waals surface area contributed by atoms with Gasteiger partial charge in [-0.1, -0.05) is 0 Å². The number of Topliss-reactive ketones (excluding diaryl/α,β-unsaturated/α-hetero) is 1. The zero-order valence-corrected chi connectivity index (χ0v) is 8.21. The molecule has 0 unspecified atom stereocenters. The van der Waals surface area contributed by atoms with Gasteiger partial charge in [0, 0.05) is 5.56 Å². The van der Waals surface area contributed by atoms with E-state index in [1.165, 1.54) is 0 Å². The molecule has 0 saturated carbocycles. The van der Waals surface area contributed by atoms with E-state index < -0.39 is 17.5 Å². The normalized spacial score (nSPS) is 9.40. The van der Waals surface area contributed by atoms with Crippen LogP contribution in [0.5, 0.6) is 0 Å². The number of carbonyl (C=O) groups excluding carboxylic acids is 2. The molecule has 0 heterocycles. The van der Waals surface area contributed by atoms with Crippen molar-refractivity contribution < 1.29 is 14.0 Å². The van der Waals surface area contributed by atoms with Crippen molar-refractivity contribution in [1.29, 1.82) is 5.26 Å². The lowest BCUT2D eigenvalue weighted by atomic mass is 10.0. The van der Waals surface area contributed by atoms with E-state index in [9.17, 15) is 14.0 Å². The van der Waals surface area contributed by atoms with Gasteiger partial charge in [0.25, 0.3) is 0 Å². The van der Waals surface area contributed by atoms with E-state index >= 15 is 0 Å². The molecule has 0 aliphatic carbocycles. The molecule has 1 aromatic carbocycles. The molecule has 0 atom stereocenters. The summed E-state index contributed by atoms with van der Waals surface area (Å²) in [4.78, 5) is 21.6. The number of benzene rings is 1. The predicted octanol–water partition coefficient (Wildman–Crippen LogP) is 1.93. The monoisotopic (exact) mass is 225 g/mol. The molecule has 0 aromatic heterocycles. The molecule has 15 heavy (non-hydrogen) atoms. The Morgan fingerprint density at radius 2 is 2.27 bits per heavy atom. The zero-order chi connectivity index (χ0) is 11.4. The van der Waals surface area contributed by atoms with Gasteiger partial charge in [0.15, 0.2) is 11.6 Å². The zero-order valence-electron chi connectivity index (χ0n) is 7.46. The van der Waals surface area contributed by atoms with Crippen molar-refractivity contribution in [2.45, 2.75) is 0 Å². The number of ketones is 1. The van der Waals surface area contributed by atoms with Crippen molar-refractivity contribution in [3.8, 4) is 6.07 Å². The Labute approximate surface area is 90.1 Å². The van der Waals surface area contributed by atoms with Crippen LogP contribution in [0, 0.1) is 17.1 Å². The first-order valence-electron chi connectivity index (χ1n) is 3.92. The Hall–Kier alpha value is -1.73. The van der Waals surface area contributed by atoms with Gasteiger partial charge in [-0.3, -0.25) is 9.59 Å². The molecule has 5 heteroatoms. The van der Waals surface area contributed by atoms with E-state index in [-0.39, 0.29) is 16.7 Å². The fourth-order valence-corrected chi connectivity index (χ4v) is 1.22. The fourth-order valence-electron chi connectivity index (χ4n) is 1.07. The Morgan fingerprint density at radius 3 is 2.73 bits per heavy atom. The maximum atomic E-state index is 13.4. The molecule has 3 nitrogen and oxygen atoms in total. The number of hydrogen-bond acceptors (Lipinski definition) is 3. The Kier molecular flexibility index (Phi) is 3.53. The maximum Gasteiger partial charge on any atom is 0.180 e. The smallest absolute Gasteiger partial charge is 0.180 e. The van der Waals surface area contributed by atoms with Crippen LogP contribution in [0.25, 0.3) is 0 Å². The SMILES string of the molecule is N#Cc1cc(C=O)cc(C(=O)CCl)c1F. The quantitative estimate of drug-likeness (QED) is 0.449. The Morgan fingerprint density at radius 1 is 1.60 bits per heavy atom. The Balaban J connectivity index is 3.45. The van der Waals surface area contributed by atoms with E-state index in [0.717, 1.165) is 12.1 Å². The van der Waals surface area contributed by atoms with Crippen molar-refractivity contribution in [3.63, 3.8) is 0 Å². The molecule has 0 aliphatic heterocycles. The van der Waals surface area contributed by atoms with Crippen LogP contribution >= 0.6 is 11.6 Å². The van der Waals surface area contributed by atoms with Crippen LogP contribution in [0.1, 0.15) is 26.3 Å². The highest BCUT2D eigenvalue weighted by Crippen LogP contribution is 2.16. The first-order chi connectivity index (χ1) is 7.13. The number of alkyl halides is 1. The van der Waals surface area contributed by atoms with Crippen LogP contribution in [0.15, 0.2) is 12.1 Å². The highest BCUT2D eigenvalue weighted by Gasteiger charge is 2.15. The largest absolute Gasteiger partial charge is 0.298 e. The number of nitrogens with zero attached hydrogens (tertiary/aromatic N) is 1. The highest BCUT2D eigenvalue weighted by molar-refractivity contribution is 6.30. The van der Waals surface area contributed by atoms with Gasteiger partial charge in [0.2, 0.25) is 0 Å². The van der Waals surface area contributed by atoms with Crippen LogP contribution in [0.4, 0.5) is 4.39 Å². The predicted molar refractivity (Wildman–Crippen MR) is 51.6 cm³/mol. The molecule has 76 valence electrons. The van der Waals surface area contributed by atoms with Crippen molar-refractivity contribution in [2.75, 3.05) is 5.88 Å². The molecular formula is C10H5ClFNO2. The van der Waals surface area contributed by atoms with Crippen molar-refractivity contribution in [2.24, 2.45) is 0 Å². The Bertz CT molecular complexity index is 465. The van der Waals surface area contributed by atoms with E-state index in [4.69, 9.17) is 16.9 Å². The summed E-state index contributed by atoms with van der Waals surface area (Å²) in [5.41, 5.74) is -0.597. The van der Waals surface area contributed by atoms with Gasteiger partial charge < -0.3 is 0 Å². The van der Waals surface area contributed by atoms with Gasteiger partial charge in [-0.05, 0) is 12.1 Å². The molecule has 0 bridgehead atoms.